The Morgan fingerprint density at radius 2 is 1.55 bits per heavy atom. The smallest absolute Gasteiger partial charge is 0.399 e. The zero-order chi connectivity index (χ0) is 16.6. The van der Waals surface area contributed by atoms with Crippen LogP contribution >= 0.6 is 0 Å². The lowest BCUT2D eigenvalue weighted by molar-refractivity contribution is 0.00578. The highest BCUT2D eigenvalue weighted by molar-refractivity contribution is 7.04. The van der Waals surface area contributed by atoms with E-state index in [9.17, 15) is 0 Å². The van der Waals surface area contributed by atoms with Crippen molar-refractivity contribution in [2.75, 3.05) is 0 Å². The molecule has 0 aromatic heterocycles. The summed E-state index contributed by atoms with van der Waals surface area (Å²) in [5.74, 6) is 0. The van der Waals surface area contributed by atoms with Crippen molar-refractivity contribution in [2.45, 2.75) is 58.9 Å². The highest BCUT2D eigenvalue weighted by Gasteiger charge is 2.55. The first kappa shape index (κ1) is 17.3. The van der Waals surface area contributed by atoms with Crippen molar-refractivity contribution in [2.24, 2.45) is 0 Å². The Morgan fingerprint density at radius 3 is 2.00 bits per heavy atom. The van der Waals surface area contributed by atoms with Crippen molar-refractivity contribution < 1.29 is 9.31 Å². The minimum absolute atomic E-state index is 0.317. The van der Waals surface area contributed by atoms with E-state index in [2.05, 4.69) is 76.9 Å². The topological polar surface area (TPSA) is 18.5 Å². The van der Waals surface area contributed by atoms with Gasteiger partial charge in [0.2, 0.25) is 0 Å². The van der Waals surface area contributed by atoms with Gasteiger partial charge in [-0.2, -0.15) is 0 Å². The zero-order valence-electron chi connectivity index (χ0n) is 14.9. The predicted molar refractivity (Wildman–Crippen MR) is 96.9 cm³/mol. The van der Waals surface area contributed by atoms with Gasteiger partial charge in [-0.15, -0.1) is 5.73 Å². The fourth-order valence-corrected chi connectivity index (χ4v) is 5.22. The van der Waals surface area contributed by atoms with E-state index in [-0.39, 0.29) is 18.3 Å². The first-order valence-electron chi connectivity index (χ1n) is 7.95. The van der Waals surface area contributed by atoms with Crippen molar-refractivity contribution >= 4 is 20.4 Å². The summed E-state index contributed by atoms with van der Waals surface area (Å²) in [6.45, 7) is 15.0. The molecule has 1 aromatic rings. The molecule has 0 atom stereocenters. The Labute approximate surface area is 136 Å². The normalized spacial score (nSPS) is 19.7. The maximum absolute atomic E-state index is 6.28. The zero-order valence-corrected chi connectivity index (χ0v) is 15.9. The van der Waals surface area contributed by atoms with E-state index in [1.807, 2.05) is 13.0 Å². The highest BCUT2D eigenvalue weighted by Crippen LogP contribution is 2.39. The Morgan fingerprint density at radius 1 is 1.05 bits per heavy atom. The lowest BCUT2D eigenvalue weighted by atomic mass is 9.90. The highest BCUT2D eigenvalue weighted by atomic mass is 28.3. The van der Waals surface area contributed by atoms with E-state index in [0.717, 1.165) is 0 Å². The van der Waals surface area contributed by atoms with Gasteiger partial charge in [0.25, 0.3) is 0 Å². The number of allylic oxidation sites excluding steroid dienone is 1. The van der Waals surface area contributed by atoms with Gasteiger partial charge in [0.15, 0.2) is 0 Å². The molecular weight excluding hydrogens is 287 g/mol. The van der Waals surface area contributed by atoms with Crippen LogP contribution < -0.4 is 5.19 Å². The molecule has 0 bridgehead atoms. The number of hydrogen-bond acceptors (Lipinski definition) is 2. The average Bonchev–Trinajstić information content (AvgIpc) is 2.65. The fraction of sp³-hybridized carbons (Fsp3) is 0.500. The summed E-state index contributed by atoms with van der Waals surface area (Å²) in [5.41, 5.74) is 2.80. The van der Waals surface area contributed by atoms with E-state index in [1.54, 1.807) is 0 Å². The van der Waals surface area contributed by atoms with Gasteiger partial charge < -0.3 is 9.31 Å². The average molecular weight is 314 g/mol. The second kappa shape index (κ2) is 5.86. The van der Waals surface area contributed by atoms with Gasteiger partial charge in [-0.1, -0.05) is 48.6 Å². The quantitative estimate of drug-likeness (QED) is 0.623. The summed E-state index contributed by atoms with van der Waals surface area (Å²) in [6, 6.07) is 10.7. The molecule has 0 amide bonds. The van der Waals surface area contributed by atoms with Crippen LogP contribution in [0, 0.1) is 0 Å². The third-order valence-electron chi connectivity index (χ3n) is 4.96. The molecule has 0 spiro atoms. The molecule has 1 aliphatic heterocycles. The van der Waals surface area contributed by atoms with E-state index >= 15 is 0 Å². The summed E-state index contributed by atoms with van der Waals surface area (Å²) in [6.07, 6.45) is 1.97. The minimum atomic E-state index is -1.90. The Bertz CT molecular complexity index is 583. The van der Waals surface area contributed by atoms with Crippen LogP contribution in [0.2, 0.25) is 13.1 Å². The van der Waals surface area contributed by atoms with Crippen LogP contribution in [-0.4, -0.2) is 26.4 Å². The molecule has 0 radical (unpaired) electrons. The Kier molecular flexibility index (Phi) is 4.61. The van der Waals surface area contributed by atoms with Crippen LogP contribution in [-0.2, 0) is 9.31 Å². The first-order valence-corrected chi connectivity index (χ1v) is 10.9. The van der Waals surface area contributed by atoms with Crippen LogP contribution in [0.25, 0.3) is 0 Å². The number of benzene rings is 1. The number of rotatable bonds is 3. The third-order valence-corrected chi connectivity index (χ3v) is 8.46. The molecule has 1 saturated heterocycles. The van der Waals surface area contributed by atoms with Crippen molar-refractivity contribution in [1.29, 1.82) is 0 Å². The summed E-state index contributed by atoms with van der Waals surface area (Å²) in [5, 5.41) is 2.54. The molecule has 0 unspecified atom stereocenters. The lowest BCUT2D eigenvalue weighted by Gasteiger charge is -2.32. The van der Waals surface area contributed by atoms with Crippen LogP contribution in [0.4, 0.5) is 0 Å². The molecule has 118 valence electrons. The molecule has 1 aliphatic rings. The summed E-state index contributed by atoms with van der Waals surface area (Å²) in [4.78, 5) is 0. The second-order valence-electron chi connectivity index (χ2n) is 7.43. The van der Waals surface area contributed by atoms with Crippen molar-refractivity contribution in [3.05, 3.63) is 47.2 Å². The van der Waals surface area contributed by atoms with Crippen molar-refractivity contribution in [3.63, 3.8) is 0 Å². The summed E-state index contributed by atoms with van der Waals surface area (Å²) in [7, 11) is -2.21. The molecule has 1 heterocycles. The summed E-state index contributed by atoms with van der Waals surface area (Å²) >= 11 is 0. The van der Waals surface area contributed by atoms with Gasteiger partial charge in [-0.05, 0) is 45.8 Å². The van der Waals surface area contributed by atoms with Gasteiger partial charge in [-0.3, -0.25) is 0 Å². The third kappa shape index (κ3) is 3.02. The van der Waals surface area contributed by atoms with Gasteiger partial charge >= 0.3 is 7.12 Å². The molecule has 4 heteroatoms. The van der Waals surface area contributed by atoms with Crippen molar-refractivity contribution in [3.8, 4) is 0 Å². The second-order valence-corrected chi connectivity index (χ2v) is 11.8. The molecule has 22 heavy (non-hydrogen) atoms. The van der Waals surface area contributed by atoms with Crippen molar-refractivity contribution in [1.82, 2.24) is 0 Å². The van der Waals surface area contributed by atoms with Crippen LogP contribution in [0.3, 0.4) is 0 Å². The molecule has 0 N–H and O–H groups in total. The predicted octanol–water partition coefficient (Wildman–Crippen LogP) is 3.87. The van der Waals surface area contributed by atoms with Gasteiger partial charge in [-0.25, -0.2) is 0 Å². The Hall–Kier alpha value is -1.06. The van der Waals surface area contributed by atoms with E-state index < -0.39 is 8.07 Å². The van der Waals surface area contributed by atoms with Gasteiger partial charge in [0.05, 0.1) is 11.2 Å². The van der Waals surface area contributed by atoms with E-state index in [4.69, 9.17) is 9.31 Å². The molecule has 0 aliphatic carbocycles. The molecule has 2 rings (SSSR count). The Balaban J connectivity index is 2.44. The fourth-order valence-electron chi connectivity index (χ4n) is 2.67. The van der Waals surface area contributed by atoms with Gasteiger partial charge in [0, 0.05) is 0 Å². The molecule has 0 saturated carbocycles. The largest absolute Gasteiger partial charge is 0.494 e. The summed E-state index contributed by atoms with van der Waals surface area (Å²) < 4.78 is 12.6. The van der Waals surface area contributed by atoms with Gasteiger partial charge in [0.1, 0.15) is 8.07 Å². The number of hydrogen-bond donors (Lipinski definition) is 0. The lowest BCUT2D eigenvalue weighted by Crippen LogP contribution is -2.49. The molecule has 1 fully saturated rings. The first-order chi connectivity index (χ1) is 10.1. The van der Waals surface area contributed by atoms with E-state index in [1.165, 1.54) is 10.3 Å². The minimum Gasteiger partial charge on any atom is -0.399 e. The maximum atomic E-state index is 6.28. The monoisotopic (exact) mass is 314 g/mol. The molecular formula is C18H27BO2Si. The SMILES string of the molecule is CC=C=C(B1OC(C)(C)C(C)(C)O1)[Si](C)(C)c1ccccc1. The maximum Gasteiger partial charge on any atom is 0.494 e. The molecule has 1 aromatic carbocycles. The molecule has 2 nitrogen and oxygen atoms in total. The van der Waals surface area contributed by atoms with E-state index in [0.29, 0.717) is 0 Å². The van der Waals surface area contributed by atoms with Crippen LogP contribution in [0.15, 0.2) is 47.2 Å². The standard InChI is InChI=1S/C18H27BO2Si/c1-8-12-16(19-20-17(2,3)18(4,5)21-19)22(6,7)15-13-10-9-11-14-15/h8-11,13-14H,1-7H3. The van der Waals surface area contributed by atoms with Crippen LogP contribution in [0.1, 0.15) is 34.6 Å². The van der Waals surface area contributed by atoms with Crippen LogP contribution in [0.5, 0.6) is 0 Å².